The molecule has 0 unspecified atom stereocenters. The molecule has 0 saturated carbocycles. The first-order chi connectivity index (χ1) is 12.8. The van der Waals surface area contributed by atoms with E-state index >= 15 is 0 Å². The number of nitrogens with one attached hydrogen (secondary N) is 2. The Labute approximate surface area is 159 Å². The van der Waals surface area contributed by atoms with Gasteiger partial charge in [0, 0.05) is 17.8 Å². The number of aryl methyl sites for hydroxylation is 1. The third kappa shape index (κ3) is 3.92. The Hall–Kier alpha value is -2.96. The summed E-state index contributed by atoms with van der Waals surface area (Å²) in [5, 5.41) is 11.0. The second kappa shape index (κ2) is 7.34. The summed E-state index contributed by atoms with van der Waals surface area (Å²) in [6.07, 6.45) is 1.91. The molecule has 0 fully saturated rings. The highest BCUT2D eigenvalue weighted by atomic mass is 16.5. The molecule has 1 aromatic heterocycles. The molecule has 0 aliphatic carbocycles. The Morgan fingerprint density at radius 1 is 1.37 bits per heavy atom. The number of hydrogen-bond acceptors (Lipinski definition) is 4. The fourth-order valence-corrected chi connectivity index (χ4v) is 3.13. The number of carbonyl (C=O) groups excluding carboxylic acids is 1. The Kier molecular flexibility index (Phi) is 5.12. The van der Waals surface area contributed by atoms with Gasteiger partial charge in [-0.05, 0) is 52.3 Å². The molecule has 7 nitrogen and oxygen atoms in total. The number of ketones is 1. The van der Waals surface area contributed by atoms with Gasteiger partial charge in [0.2, 0.25) is 0 Å². The number of hydrogen-bond donors (Lipinski definition) is 2. The van der Waals surface area contributed by atoms with Gasteiger partial charge in [-0.1, -0.05) is 0 Å². The van der Waals surface area contributed by atoms with Crippen molar-refractivity contribution >= 4 is 17.5 Å². The molecule has 142 valence electrons. The quantitative estimate of drug-likeness (QED) is 0.495. The number of aromatic nitrogens is 2. The van der Waals surface area contributed by atoms with Crippen molar-refractivity contribution in [3.8, 4) is 17.1 Å². The molecule has 0 saturated heterocycles. The fourth-order valence-electron chi connectivity index (χ4n) is 3.13. The summed E-state index contributed by atoms with van der Waals surface area (Å²) in [6, 6.07) is 3.92. The average molecular weight is 367 g/mol. The van der Waals surface area contributed by atoms with Gasteiger partial charge in [0.25, 0.3) is 0 Å². The minimum atomic E-state index is 0.0148. The van der Waals surface area contributed by atoms with Gasteiger partial charge >= 0.3 is 0 Å². The summed E-state index contributed by atoms with van der Waals surface area (Å²) in [4.78, 5) is 21.1. The minimum Gasteiger partial charge on any atom is -0.491 e. The van der Waals surface area contributed by atoms with Gasteiger partial charge in [-0.3, -0.25) is 10.2 Å². The summed E-state index contributed by atoms with van der Waals surface area (Å²) >= 11 is 0. The van der Waals surface area contributed by atoms with Crippen LogP contribution in [-0.2, 0) is 6.54 Å². The maximum atomic E-state index is 12.0. The lowest BCUT2D eigenvalue weighted by Crippen LogP contribution is -2.32. The number of amidine groups is 2. The summed E-state index contributed by atoms with van der Waals surface area (Å²) in [5.74, 6) is 2.26. The Bertz CT molecular complexity index is 940. The van der Waals surface area contributed by atoms with Crippen LogP contribution in [-0.4, -0.2) is 39.7 Å². The van der Waals surface area contributed by atoms with Crippen LogP contribution in [0.4, 0.5) is 0 Å². The molecule has 0 bridgehead atoms. The molecule has 0 radical (unpaired) electrons. The van der Waals surface area contributed by atoms with Crippen molar-refractivity contribution in [1.82, 2.24) is 14.9 Å². The lowest BCUT2D eigenvalue weighted by atomic mass is 10.0. The maximum Gasteiger partial charge on any atom is 0.160 e. The van der Waals surface area contributed by atoms with E-state index in [4.69, 9.17) is 15.1 Å². The van der Waals surface area contributed by atoms with Gasteiger partial charge in [0.15, 0.2) is 11.6 Å². The lowest BCUT2D eigenvalue weighted by Gasteiger charge is -2.12. The van der Waals surface area contributed by atoms with E-state index in [1.54, 1.807) is 13.8 Å². The van der Waals surface area contributed by atoms with E-state index in [9.17, 15) is 4.79 Å². The summed E-state index contributed by atoms with van der Waals surface area (Å²) in [5.41, 5.74) is 3.03. The van der Waals surface area contributed by atoms with E-state index in [2.05, 4.69) is 10.3 Å². The van der Waals surface area contributed by atoms with Gasteiger partial charge in [0.05, 0.1) is 12.1 Å². The third-order valence-electron chi connectivity index (χ3n) is 4.26. The monoisotopic (exact) mass is 367 g/mol. The van der Waals surface area contributed by atoms with Crippen LogP contribution in [0.3, 0.4) is 0 Å². The SMILES string of the molecule is CC(=N)/N=C(\NC(C)C)c1cn2c(n1)-c1cc(C(C)=O)c(C)cc1OCC2. The van der Waals surface area contributed by atoms with Crippen LogP contribution in [0.15, 0.2) is 23.3 Å². The maximum absolute atomic E-state index is 12.0. The molecule has 3 rings (SSSR count). The number of benzene rings is 1. The molecule has 7 heteroatoms. The Balaban J connectivity index is 2.15. The fraction of sp³-hybridized carbons (Fsp3) is 0.400. The van der Waals surface area contributed by atoms with Crippen LogP contribution in [0.2, 0.25) is 0 Å². The first-order valence-electron chi connectivity index (χ1n) is 9.03. The van der Waals surface area contributed by atoms with Crippen molar-refractivity contribution in [1.29, 1.82) is 5.41 Å². The van der Waals surface area contributed by atoms with Crippen LogP contribution in [0.25, 0.3) is 11.4 Å². The topological polar surface area (TPSA) is 92.4 Å². The second-order valence-corrected chi connectivity index (χ2v) is 7.06. The number of fused-ring (bicyclic) bond motifs is 3. The molecular formula is C20H25N5O2. The summed E-state index contributed by atoms with van der Waals surface area (Å²) in [7, 11) is 0. The number of aliphatic imine (C=N–C) groups is 1. The van der Waals surface area contributed by atoms with Crippen LogP contribution in [0.1, 0.15) is 49.3 Å². The van der Waals surface area contributed by atoms with Crippen LogP contribution >= 0.6 is 0 Å². The number of carbonyl (C=O) groups is 1. The van der Waals surface area contributed by atoms with E-state index in [0.29, 0.717) is 30.2 Å². The van der Waals surface area contributed by atoms with Crippen molar-refractivity contribution < 1.29 is 9.53 Å². The first kappa shape index (κ1) is 18.8. The van der Waals surface area contributed by atoms with E-state index in [0.717, 1.165) is 22.7 Å². The van der Waals surface area contributed by atoms with Gasteiger partial charge in [-0.15, -0.1) is 0 Å². The highest BCUT2D eigenvalue weighted by molar-refractivity contribution is 6.04. The van der Waals surface area contributed by atoms with Crippen LogP contribution in [0, 0.1) is 12.3 Å². The predicted molar refractivity (Wildman–Crippen MR) is 106 cm³/mol. The normalized spacial score (nSPS) is 13.5. The molecule has 2 aromatic rings. The highest BCUT2D eigenvalue weighted by Crippen LogP contribution is 2.34. The molecule has 27 heavy (non-hydrogen) atoms. The van der Waals surface area contributed by atoms with E-state index in [1.807, 2.05) is 43.7 Å². The zero-order valence-corrected chi connectivity index (χ0v) is 16.4. The number of ether oxygens (including phenoxy) is 1. The van der Waals surface area contributed by atoms with E-state index in [-0.39, 0.29) is 17.7 Å². The molecule has 0 amide bonds. The molecule has 1 aliphatic heterocycles. The predicted octanol–water partition coefficient (Wildman–Crippen LogP) is 3.20. The van der Waals surface area contributed by atoms with Crippen molar-refractivity contribution in [3.05, 3.63) is 35.2 Å². The zero-order chi connectivity index (χ0) is 19.7. The van der Waals surface area contributed by atoms with Crippen LogP contribution in [0.5, 0.6) is 5.75 Å². The van der Waals surface area contributed by atoms with Gasteiger partial charge in [-0.25, -0.2) is 9.98 Å². The van der Waals surface area contributed by atoms with Gasteiger partial charge in [0.1, 0.15) is 29.7 Å². The van der Waals surface area contributed by atoms with Crippen molar-refractivity contribution in [2.75, 3.05) is 6.61 Å². The lowest BCUT2D eigenvalue weighted by molar-refractivity contribution is 0.101. The van der Waals surface area contributed by atoms with E-state index < -0.39 is 0 Å². The third-order valence-corrected chi connectivity index (χ3v) is 4.26. The van der Waals surface area contributed by atoms with Gasteiger partial charge < -0.3 is 14.6 Å². The van der Waals surface area contributed by atoms with Crippen molar-refractivity contribution in [2.24, 2.45) is 4.99 Å². The molecule has 1 aromatic carbocycles. The molecule has 0 spiro atoms. The highest BCUT2D eigenvalue weighted by Gasteiger charge is 2.22. The minimum absolute atomic E-state index is 0.0148. The number of rotatable bonds is 3. The second-order valence-electron chi connectivity index (χ2n) is 7.06. The van der Waals surface area contributed by atoms with E-state index in [1.165, 1.54) is 0 Å². The smallest absolute Gasteiger partial charge is 0.160 e. The molecule has 2 heterocycles. The number of nitrogens with zero attached hydrogens (tertiary/aromatic N) is 3. The Morgan fingerprint density at radius 3 is 2.74 bits per heavy atom. The molecule has 0 atom stereocenters. The zero-order valence-electron chi connectivity index (χ0n) is 16.4. The first-order valence-corrected chi connectivity index (χ1v) is 9.03. The molecule has 1 aliphatic rings. The largest absolute Gasteiger partial charge is 0.491 e. The standard InChI is InChI=1S/C20H25N5O2/c1-11(2)22-19(23-14(5)21)17-10-25-6-7-27-18-8-12(3)15(13(4)26)9-16(18)20(25)24-17/h8-11H,6-7H2,1-5H3,(H2,21,22,23). The molecule has 2 N–H and O–H groups in total. The molecular weight excluding hydrogens is 342 g/mol. The summed E-state index contributed by atoms with van der Waals surface area (Å²) < 4.78 is 7.89. The summed E-state index contributed by atoms with van der Waals surface area (Å²) in [6.45, 7) is 10.3. The Morgan fingerprint density at radius 2 is 2.11 bits per heavy atom. The number of imidazole rings is 1. The number of Topliss-reactive ketones (excluding diaryl/α,β-unsaturated/α-hetero) is 1. The van der Waals surface area contributed by atoms with Crippen molar-refractivity contribution in [2.45, 2.75) is 47.2 Å². The van der Waals surface area contributed by atoms with Crippen LogP contribution < -0.4 is 10.1 Å². The average Bonchev–Trinajstić information content (AvgIpc) is 2.90. The van der Waals surface area contributed by atoms with Gasteiger partial charge in [-0.2, -0.15) is 0 Å². The van der Waals surface area contributed by atoms with Crippen molar-refractivity contribution in [3.63, 3.8) is 0 Å².